The lowest BCUT2D eigenvalue weighted by molar-refractivity contribution is 0.0600. The van der Waals surface area contributed by atoms with Crippen LogP contribution in [0.4, 0.5) is 14.5 Å². The molecule has 2 aromatic carbocycles. The second kappa shape index (κ2) is 8.22. The molecule has 0 aromatic heterocycles. The van der Waals surface area contributed by atoms with E-state index in [1.807, 2.05) is 0 Å². The molecule has 7 heteroatoms. The highest BCUT2D eigenvalue weighted by atomic mass is 19.1. The van der Waals surface area contributed by atoms with Gasteiger partial charge < -0.3 is 19.5 Å². The molecule has 1 aliphatic rings. The van der Waals surface area contributed by atoms with Gasteiger partial charge in [-0.3, -0.25) is 0 Å². The first kappa shape index (κ1) is 19.6. The second-order valence-electron chi connectivity index (χ2n) is 6.20. The molecular formula is C21H19F2NO4. The average molecular weight is 387 g/mol. The molecule has 0 aliphatic carbocycles. The highest BCUT2D eigenvalue weighted by molar-refractivity contribution is 5.89. The summed E-state index contributed by atoms with van der Waals surface area (Å²) in [5, 5.41) is 10.5. The van der Waals surface area contributed by atoms with Crippen LogP contribution in [-0.2, 0) is 16.1 Å². The van der Waals surface area contributed by atoms with Gasteiger partial charge >= 0.3 is 5.97 Å². The molecule has 1 atom stereocenters. The summed E-state index contributed by atoms with van der Waals surface area (Å²) in [4.78, 5) is 13.2. The molecule has 28 heavy (non-hydrogen) atoms. The van der Waals surface area contributed by atoms with E-state index in [-0.39, 0.29) is 12.2 Å². The third kappa shape index (κ3) is 4.20. The molecule has 1 heterocycles. The fraction of sp³-hybridized carbons (Fsp3) is 0.190. The second-order valence-corrected chi connectivity index (χ2v) is 6.20. The van der Waals surface area contributed by atoms with Gasteiger partial charge in [-0.2, -0.15) is 0 Å². The van der Waals surface area contributed by atoms with Crippen molar-refractivity contribution in [2.24, 2.45) is 0 Å². The average Bonchev–Trinajstić information content (AvgIpc) is 2.66. The van der Waals surface area contributed by atoms with Crippen LogP contribution in [0, 0.1) is 11.6 Å². The van der Waals surface area contributed by atoms with Gasteiger partial charge in [0.2, 0.25) is 0 Å². The van der Waals surface area contributed by atoms with Crippen LogP contribution in [0.25, 0.3) is 0 Å². The lowest BCUT2D eigenvalue weighted by atomic mass is 10.1. The van der Waals surface area contributed by atoms with Crippen molar-refractivity contribution in [1.82, 2.24) is 0 Å². The first-order valence-electron chi connectivity index (χ1n) is 8.51. The minimum Gasteiger partial charge on any atom is -0.489 e. The number of carbonyl (C=O) groups excluding carboxylic acids is 1. The SMILES string of the molecule is COC(=O)c1ccc(N2C(C)=CC(OCc3ccc(F)cc3F)=CC2O)cc1. The van der Waals surface area contributed by atoms with E-state index in [0.29, 0.717) is 22.7 Å². The van der Waals surface area contributed by atoms with Crippen molar-refractivity contribution in [2.75, 3.05) is 12.0 Å². The topological polar surface area (TPSA) is 59.0 Å². The Balaban J connectivity index is 1.71. The smallest absolute Gasteiger partial charge is 0.337 e. The van der Waals surface area contributed by atoms with Crippen LogP contribution in [0.3, 0.4) is 0 Å². The van der Waals surface area contributed by atoms with Crippen molar-refractivity contribution in [3.63, 3.8) is 0 Å². The largest absolute Gasteiger partial charge is 0.489 e. The third-order valence-electron chi connectivity index (χ3n) is 4.29. The van der Waals surface area contributed by atoms with Crippen molar-refractivity contribution in [2.45, 2.75) is 19.8 Å². The number of hydrogen-bond donors (Lipinski definition) is 1. The first-order valence-corrected chi connectivity index (χ1v) is 8.51. The van der Waals surface area contributed by atoms with Crippen LogP contribution in [-0.4, -0.2) is 24.4 Å². The number of ether oxygens (including phenoxy) is 2. The summed E-state index contributed by atoms with van der Waals surface area (Å²) in [6.45, 7) is 1.69. The molecule has 5 nitrogen and oxygen atoms in total. The van der Waals surface area contributed by atoms with Crippen LogP contribution in [0.2, 0.25) is 0 Å². The van der Waals surface area contributed by atoms with Gasteiger partial charge in [-0.05, 0) is 49.4 Å². The Bertz CT molecular complexity index is 938. The number of anilines is 1. The standard InChI is InChI=1S/C21H19F2NO4/c1-13-9-18(28-12-15-3-6-16(22)10-19(15)23)11-20(25)24(13)17-7-4-14(5-8-17)21(26)27-2/h3-11,20,25H,12H2,1-2H3. The van der Waals surface area contributed by atoms with Crippen LogP contribution >= 0.6 is 0 Å². The van der Waals surface area contributed by atoms with E-state index in [9.17, 15) is 18.7 Å². The van der Waals surface area contributed by atoms with Crippen molar-refractivity contribution in [3.05, 3.63) is 88.8 Å². The van der Waals surface area contributed by atoms with Gasteiger partial charge in [0.05, 0.1) is 12.7 Å². The number of esters is 1. The Labute approximate surface area is 161 Å². The Morgan fingerprint density at radius 2 is 1.89 bits per heavy atom. The highest BCUT2D eigenvalue weighted by Gasteiger charge is 2.22. The van der Waals surface area contributed by atoms with Gasteiger partial charge in [0.15, 0.2) is 6.23 Å². The van der Waals surface area contributed by atoms with E-state index >= 15 is 0 Å². The van der Waals surface area contributed by atoms with E-state index in [1.165, 1.54) is 19.3 Å². The summed E-state index contributed by atoms with van der Waals surface area (Å²) < 4.78 is 36.9. The van der Waals surface area contributed by atoms with Gasteiger partial charge in [0.25, 0.3) is 0 Å². The Kier molecular flexibility index (Phi) is 5.75. The maximum Gasteiger partial charge on any atom is 0.337 e. The quantitative estimate of drug-likeness (QED) is 0.789. The number of halogens is 2. The molecule has 0 spiro atoms. The molecule has 0 amide bonds. The van der Waals surface area contributed by atoms with Gasteiger partial charge in [0, 0.05) is 29.1 Å². The summed E-state index contributed by atoms with van der Waals surface area (Å²) >= 11 is 0. The summed E-state index contributed by atoms with van der Waals surface area (Å²) in [6, 6.07) is 9.87. The number of aliphatic hydroxyl groups excluding tert-OH is 1. The number of carbonyl (C=O) groups is 1. The first-order chi connectivity index (χ1) is 13.4. The highest BCUT2D eigenvalue weighted by Crippen LogP contribution is 2.28. The van der Waals surface area contributed by atoms with E-state index in [1.54, 1.807) is 42.2 Å². The minimum absolute atomic E-state index is 0.0950. The van der Waals surface area contributed by atoms with Crippen molar-refractivity contribution in [3.8, 4) is 0 Å². The van der Waals surface area contributed by atoms with E-state index in [0.717, 1.165) is 12.1 Å². The Hall–Kier alpha value is -3.19. The van der Waals surface area contributed by atoms with Crippen molar-refractivity contribution >= 4 is 11.7 Å². The maximum absolute atomic E-state index is 13.7. The lowest BCUT2D eigenvalue weighted by Gasteiger charge is -2.32. The third-order valence-corrected chi connectivity index (χ3v) is 4.29. The molecule has 0 saturated heterocycles. The molecule has 0 fully saturated rings. The molecule has 146 valence electrons. The lowest BCUT2D eigenvalue weighted by Crippen LogP contribution is -2.34. The Morgan fingerprint density at radius 1 is 1.18 bits per heavy atom. The molecule has 1 aliphatic heterocycles. The predicted molar refractivity (Wildman–Crippen MR) is 99.3 cm³/mol. The van der Waals surface area contributed by atoms with Crippen molar-refractivity contribution in [1.29, 1.82) is 0 Å². The van der Waals surface area contributed by atoms with Gasteiger partial charge in [-0.15, -0.1) is 0 Å². The molecular weight excluding hydrogens is 368 g/mol. The number of aliphatic hydroxyl groups is 1. The van der Waals surface area contributed by atoms with E-state index in [4.69, 9.17) is 4.74 Å². The van der Waals surface area contributed by atoms with E-state index in [2.05, 4.69) is 4.74 Å². The number of hydrogen-bond acceptors (Lipinski definition) is 5. The molecule has 0 bridgehead atoms. The predicted octanol–water partition coefficient (Wildman–Crippen LogP) is 3.89. The summed E-state index contributed by atoms with van der Waals surface area (Å²) in [7, 11) is 1.31. The molecule has 1 unspecified atom stereocenters. The molecule has 2 aromatic rings. The summed E-state index contributed by atoms with van der Waals surface area (Å²) in [5.41, 5.74) is 1.98. The fourth-order valence-corrected chi connectivity index (χ4v) is 2.88. The van der Waals surface area contributed by atoms with Crippen molar-refractivity contribution < 1.29 is 28.2 Å². The molecule has 3 rings (SSSR count). The maximum atomic E-state index is 13.7. The normalized spacial score (nSPS) is 16.3. The number of nitrogens with zero attached hydrogens (tertiary/aromatic N) is 1. The molecule has 0 saturated carbocycles. The van der Waals surface area contributed by atoms with Crippen LogP contribution < -0.4 is 4.90 Å². The van der Waals surface area contributed by atoms with Crippen LogP contribution in [0.5, 0.6) is 0 Å². The fourth-order valence-electron chi connectivity index (χ4n) is 2.88. The zero-order valence-corrected chi connectivity index (χ0v) is 15.4. The van der Waals surface area contributed by atoms with Gasteiger partial charge in [-0.25, -0.2) is 13.6 Å². The summed E-state index contributed by atoms with van der Waals surface area (Å²) in [5.74, 6) is -1.42. The molecule has 1 N–H and O–H groups in total. The number of methoxy groups -OCH3 is 1. The number of allylic oxidation sites excluding steroid dienone is 2. The number of benzene rings is 2. The van der Waals surface area contributed by atoms with Gasteiger partial charge in [-0.1, -0.05) is 0 Å². The van der Waals surface area contributed by atoms with Crippen LogP contribution in [0.1, 0.15) is 22.8 Å². The monoisotopic (exact) mass is 387 g/mol. The van der Waals surface area contributed by atoms with E-state index < -0.39 is 23.8 Å². The number of rotatable bonds is 5. The Morgan fingerprint density at radius 3 is 2.50 bits per heavy atom. The minimum atomic E-state index is -1.01. The summed E-state index contributed by atoms with van der Waals surface area (Å²) in [6.07, 6.45) is 2.16. The van der Waals surface area contributed by atoms with Gasteiger partial charge in [0.1, 0.15) is 24.0 Å². The zero-order valence-electron chi connectivity index (χ0n) is 15.4. The molecule has 0 radical (unpaired) electrons. The zero-order chi connectivity index (χ0) is 20.3. The van der Waals surface area contributed by atoms with Crippen LogP contribution in [0.15, 0.2) is 66.1 Å².